The normalized spacial score (nSPS) is 11.0. The second-order valence-corrected chi connectivity index (χ2v) is 8.49. The first-order valence-corrected chi connectivity index (χ1v) is 12.0. The molecule has 178 valence electrons. The summed E-state index contributed by atoms with van der Waals surface area (Å²) in [5.41, 5.74) is 5.92. The van der Waals surface area contributed by atoms with Gasteiger partial charge < -0.3 is 9.84 Å². The Kier molecular flexibility index (Phi) is 7.79. The minimum Gasteiger partial charge on any atom is -0.504 e. The third-order valence-corrected chi connectivity index (χ3v) is 5.94. The molecule has 0 fully saturated rings. The summed E-state index contributed by atoms with van der Waals surface area (Å²) in [5, 5.41) is 23.5. The van der Waals surface area contributed by atoms with Crippen molar-refractivity contribution in [2.75, 3.05) is 12.4 Å². The van der Waals surface area contributed by atoms with Gasteiger partial charge in [0, 0.05) is 16.8 Å². The van der Waals surface area contributed by atoms with Crippen LogP contribution >= 0.6 is 11.8 Å². The van der Waals surface area contributed by atoms with Gasteiger partial charge in [-0.2, -0.15) is 5.10 Å². The zero-order chi connectivity index (χ0) is 24.6. The van der Waals surface area contributed by atoms with Crippen molar-refractivity contribution in [2.24, 2.45) is 5.10 Å². The Morgan fingerprint density at radius 2 is 1.86 bits per heavy atom. The average Bonchev–Trinajstić information content (AvgIpc) is 3.30. The van der Waals surface area contributed by atoms with E-state index in [-0.39, 0.29) is 17.4 Å². The van der Waals surface area contributed by atoms with Crippen LogP contribution in [0.2, 0.25) is 0 Å². The van der Waals surface area contributed by atoms with E-state index in [0.717, 1.165) is 16.8 Å². The second kappa shape index (κ2) is 11.3. The standard InChI is InChI=1S/C26H25N5O3S/c1-3-34-22-11-7-8-20(24(22)33)16-27-28-23(32)17-35-26-30-29-25(19-14-12-18(2)13-15-19)31(26)21-9-5-4-6-10-21/h4-16,33H,3,17H2,1-2H3,(H,28,32)/b27-16+. The Labute approximate surface area is 207 Å². The number of benzene rings is 3. The number of para-hydroxylation sites is 2. The van der Waals surface area contributed by atoms with Gasteiger partial charge in [-0.05, 0) is 38.1 Å². The van der Waals surface area contributed by atoms with E-state index in [2.05, 4.69) is 20.7 Å². The van der Waals surface area contributed by atoms with Crippen LogP contribution in [0.25, 0.3) is 17.1 Å². The van der Waals surface area contributed by atoms with Crippen LogP contribution in [0.5, 0.6) is 11.5 Å². The van der Waals surface area contributed by atoms with Crippen LogP contribution < -0.4 is 10.2 Å². The number of nitrogens with one attached hydrogen (secondary N) is 1. The van der Waals surface area contributed by atoms with E-state index in [9.17, 15) is 9.90 Å². The van der Waals surface area contributed by atoms with Crippen LogP contribution in [-0.4, -0.2) is 44.4 Å². The second-order valence-electron chi connectivity index (χ2n) is 7.55. The Morgan fingerprint density at radius 1 is 1.09 bits per heavy atom. The minimum absolute atomic E-state index is 0.0266. The Bertz CT molecular complexity index is 1320. The fourth-order valence-electron chi connectivity index (χ4n) is 3.31. The number of nitrogens with zero attached hydrogens (tertiary/aromatic N) is 4. The maximum Gasteiger partial charge on any atom is 0.250 e. The summed E-state index contributed by atoms with van der Waals surface area (Å²) in [6, 6.07) is 22.9. The first kappa shape index (κ1) is 24.0. The molecular formula is C26H25N5O3S. The molecule has 1 aromatic heterocycles. The third kappa shape index (κ3) is 5.88. The van der Waals surface area contributed by atoms with Crippen molar-refractivity contribution in [3.8, 4) is 28.6 Å². The number of ether oxygens (including phenoxy) is 1. The predicted octanol–water partition coefficient (Wildman–Crippen LogP) is 4.59. The van der Waals surface area contributed by atoms with Gasteiger partial charge in [-0.15, -0.1) is 10.2 Å². The summed E-state index contributed by atoms with van der Waals surface area (Å²) < 4.78 is 7.30. The molecule has 0 bridgehead atoms. The number of aromatic hydroxyl groups is 1. The molecule has 0 aliphatic rings. The number of amides is 1. The number of hydrogen-bond donors (Lipinski definition) is 2. The lowest BCUT2D eigenvalue weighted by Gasteiger charge is -2.10. The van der Waals surface area contributed by atoms with Crippen LogP contribution in [0.1, 0.15) is 18.1 Å². The van der Waals surface area contributed by atoms with Crippen molar-refractivity contribution >= 4 is 23.9 Å². The van der Waals surface area contributed by atoms with Crippen molar-refractivity contribution in [3.63, 3.8) is 0 Å². The van der Waals surface area contributed by atoms with E-state index in [1.807, 2.05) is 73.0 Å². The SMILES string of the molecule is CCOc1cccc(/C=N/NC(=O)CSc2nnc(-c3ccc(C)cc3)n2-c2ccccc2)c1O. The average molecular weight is 488 g/mol. The summed E-state index contributed by atoms with van der Waals surface area (Å²) >= 11 is 1.26. The van der Waals surface area contributed by atoms with Gasteiger partial charge in [0.15, 0.2) is 22.5 Å². The van der Waals surface area contributed by atoms with Crippen molar-refractivity contribution in [3.05, 3.63) is 83.9 Å². The summed E-state index contributed by atoms with van der Waals surface area (Å²) in [6.07, 6.45) is 1.38. The first-order chi connectivity index (χ1) is 17.1. The van der Waals surface area contributed by atoms with E-state index in [4.69, 9.17) is 4.74 Å². The number of aromatic nitrogens is 3. The third-order valence-electron chi connectivity index (χ3n) is 5.01. The van der Waals surface area contributed by atoms with Crippen LogP contribution in [0.4, 0.5) is 0 Å². The summed E-state index contributed by atoms with van der Waals surface area (Å²) in [5.74, 6) is 0.804. The summed E-state index contributed by atoms with van der Waals surface area (Å²) in [7, 11) is 0. The highest BCUT2D eigenvalue weighted by Crippen LogP contribution is 2.29. The summed E-state index contributed by atoms with van der Waals surface area (Å²) in [4.78, 5) is 12.4. The van der Waals surface area contributed by atoms with Crippen LogP contribution in [0.3, 0.4) is 0 Å². The van der Waals surface area contributed by atoms with Crippen LogP contribution in [-0.2, 0) is 4.79 Å². The van der Waals surface area contributed by atoms with E-state index in [1.165, 1.54) is 18.0 Å². The van der Waals surface area contributed by atoms with Gasteiger partial charge >= 0.3 is 0 Å². The zero-order valence-corrected chi connectivity index (χ0v) is 20.2. The smallest absolute Gasteiger partial charge is 0.250 e. The number of carbonyl (C=O) groups excluding carboxylic acids is 1. The number of phenolic OH excluding ortho intramolecular Hbond substituents is 1. The highest BCUT2D eigenvalue weighted by Gasteiger charge is 2.17. The van der Waals surface area contributed by atoms with Gasteiger partial charge in [0.1, 0.15) is 0 Å². The Balaban J connectivity index is 1.47. The molecule has 0 atom stereocenters. The van der Waals surface area contributed by atoms with Gasteiger partial charge in [0.05, 0.1) is 18.6 Å². The maximum atomic E-state index is 12.4. The number of phenols is 1. The van der Waals surface area contributed by atoms with Gasteiger partial charge in [-0.25, -0.2) is 5.43 Å². The molecule has 1 amide bonds. The quantitative estimate of drug-likeness (QED) is 0.203. The molecule has 0 aliphatic carbocycles. The lowest BCUT2D eigenvalue weighted by atomic mass is 10.1. The highest BCUT2D eigenvalue weighted by molar-refractivity contribution is 7.99. The molecule has 4 aromatic rings. The molecule has 4 rings (SSSR count). The number of rotatable bonds is 9. The molecule has 0 saturated heterocycles. The molecule has 0 unspecified atom stereocenters. The number of hydrazone groups is 1. The Hall–Kier alpha value is -4.11. The van der Waals surface area contributed by atoms with Gasteiger partial charge in [0.25, 0.3) is 5.91 Å². The minimum atomic E-state index is -0.314. The molecule has 0 spiro atoms. The molecule has 3 aromatic carbocycles. The lowest BCUT2D eigenvalue weighted by molar-refractivity contribution is -0.118. The highest BCUT2D eigenvalue weighted by atomic mass is 32.2. The van der Waals surface area contributed by atoms with E-state index < -0.39 is 0 Å². The largest absolute Gasteiger partial charge is 0.504 e. The molecule has 0 aliphatic heterocycles. The van der Waals surface area contributed by atoms with Crippen molar-refractivity contribution in [1.82, 2.24) is 20.2 Å². The van der Waals surface area contributed by atoms with Gasteiger partial charge in [-0.3, -0.25) is 9.36 Å². The predicted molar refractivity (Wildman–Crippen MR) is 137 cm³/mol. The van der Waals surface area contributed by atoms with Crippen molar-refractivity contribution in [2.45, 2.75) is 19.0 Å². The molecule has 2 N–H and O–H groups in total. The molecule has 35 heavy (non-hydrogen) atoms. The number of aryl methyl sites for hydroxylation is 1. The number of hydrogen-bond acceptors (Lipinski definition) is 7. The molecule has 0 radical (unpaired) electrons. The van der Waals surface area contributed by atoms with Gasteiger partial charge in [0.2, 0.25) is 0 Å². The van der Waals surface area contributed by atoms with Gasteiger partial charge in [-0.1, -0.05) is 65.9 Å². The Morgan fingerprint density at radius 3 is 2.60 bits per heavy atom. The van der Waals surface area contributed by atoms with E-state index in [0.29, 0.717) is 28.9 Å². The van der Waals surface area contributed by atoms with E-state index in [1.54, 1.807) is 18.2 Å². The topological polar surface area (TPSA) is 102 Å². The zero-order valence-electron chi connectivity index (χ0n) is 19.4. The number of carbonyl (C=O) groups is 1. The summed E-state index contributed by atoms with van der Waals surface area (Å²) in [6.45, 7) is 4.30. The van der Waals surface area contributed by atoms with Crippen LogP contribution in [0.15, 0.2) is 83.1 Å². The molecule has 9 heteroatoms. The fourth-order valence-corrected chi connectivity index (χ4v) is 4.06. The lowest BCUT2D eigenvalue weighted by Crippen LogP contribution is -2.20. The molecular weight excluding hydrogens is 462 g/mol. The fraction of sp³-hybridized carbons (Fsp3) is 0.154. The maximum absolute atomic E-state index is 12.4. The van der Waals surface area contributed by atoms with E-state index >= 15 is 0 Å². The monoisotopic (exact) mass is 487 g/mol. The number of thioether (sulfide) groups is 1. The molecule has 1 heterocycles. The first-order valence-electron chi connectivity index (χ1n) is 11.0. The molecule has 0 saturated carbocycles. The van der Waals surface area contributed by atoms with Crippen molar-refractivity contribution < 1.29 is 14.6 Å². The van der Waals surface area contributed by atoms with Crippen LogP contribution in [0, 0.1) is 6.92 Å². The van der Waals surface area contributed by atoms with Crippen molar-refractivity contribution in [1.29, 1.82) is 0 Å². The molecule has 8 nitrogen and oxygen atoms in total.